The number of nitrogens with zero attached hydrogens (tertiary/aromatic N) is 4. The van der Waals surface area contributed by atoms with Crippen LogP contribution in [0, 0.1) is 6.92 Å². The van der Waals surface area contributed by atoms with Crippen molar-refractivity contribution in [3.63, 3.8) is 0 Å². The molecule has 3 heterocycles. The fourth-order valence-electron chi connectivity index (χ4n) is 4.55. The summed E-state index contributed by atoms with van der Waals surface area (Å²) in [6.07, 6.45) is 0.817. The predicted octanol–water partition coefficient (Wildman–Crippen LogP) is 3.19. The van der Waals surface area contributed by atoms with Crippen molar-refractivity contribution in [3.05, 3.63) is 52.3 Å². The fourth-order valence-corrected chi connectivity index (χ4v) is 4.55. The van der Waals surface area contributed by atoms with Gasteiger partial charge in [-0.3, -0.25) is 14.4 Å². The molecular weight excluding hydrogens is 364 g/mol. The molecule has 0 N–H and O–H groups in total. The smallest absolute Gasteiger partial charge is 0.272 e. The number of hydrogen-bond donors (Lipinski definition) is 0. The van der Waals surface area contributed by atoms with Gasteiger partial charge in [-0.05, 0) is 38.8 Å². The average Bonchev–Trinajstić information content (AvgIpc) is 3.08. The Bertz CT molecular complexity index is 883. The Balaban J connectivity index is 1.47. The monoisotopic (exact) mass is 396 g/mol. The molecule has 2 aromatic rings. The first-order valence-electron chi connectivity index (χ1n) is 10.8. The zero-order chi connectivity index (χ0) is 20.5. The van der Waals surface area contributed by atoms with Crippen LogP contribution in [-0.4, -0.2) is 57.8 Å². The Morgan fingerprint density at radius 2 is 1.90 bits per heavy atom. The van der Waals surface area contributed by atoms with Crippen LogP contribution in [0.2, 0.25) is 0 Å². The number of piperazine rings is 1. The van der Waals surface area contributed by atoms with Crippen molar-refractivity contribution >= 4 is 5.91 Å². The molecule has 0 radical (unpaired) electrons. The predicted molar refractivity (Wildman–Crippen MR) is 113 cm³/mol. The van der Waals surface area contributed by atoms with Crippen molar-refractivity contribution in [2.45, 2.75) is 59.4 Å². The van der Waals surface area contributed by atoms with Crippen molar-refractivity contribution in [2.75, 3.05) is 26.2 Å². The molecule has 1 aromatic heterocycles. The number of rotatable bonds is 4. The summed E-state index contributed by atoms with van der Waals surface area (Å²) >= 11 is 0. The topological polar surface area (TPSA) is 50.6 Å². The van der Waals surface area contributed by atoms with E-state index in [0.29, 0.717) is 6.54 Å². The van der Waals surface area contributed by atoms with Crippen LogP contribution in [0.4, 0.5) is 0 Å². The van der Waals surface area contributed by atoms with Crippen molar-refractivity contribution in [3.8, 4) is 0 Å². The van der Waals surface area contributed by atoms with Crippen molar-refractivity contribution < 1.29 is 9.53 Å². The molecule has 1 saturated heterocycles. The maximum Gasteiger partial charge on any atom is 0.272 e. The van der Waals surface area contributed by atoms with Gasteiger partial charge in [0, 0.05) is 51.3 Å². The molecule has 0 unspecified atom stereocenters. The third-order valence-corrected chi connectivity index (χ3v) is 6.21. The van der Waals surface area contributed by atoms with Gasteiger partial charge in [-0.2, -0.15) is 5.10 Å². The quantitative estimate of drug-likeness (QED) is 0.796. The maximum atomic E-state index is 13.5. The van der Waals surface area contributed by atoms with Gasteiger partial charge in [0.05, 0.1) is 17.9 Å². The standard InChI is InChI=1S/C23H32N4O2/c1-5-27-22(20-14-17(3)29-18(4)21(20)24-27)23(28)26-12-10-25(11-13-26)15-19-9-7-6-8-16(19)2/h6-9,17-18H,5,10-15H2,1-4H3/t17-,18+/m0/s1. The van der Waals surface area contributed by atoms with E-state index in [9.17, 15) is 4.79 Å². The first-order chi connectivity index (χ1) is 14.0. The van der Waals surface area contributed by atoms with Gasteiger partial charge in [0.1, 0.15) is 5.69 Å². The van der Waals surface area contributed by atoms with Crippen molar-refractivity contribution in [2.24, 2.45) is 0 Å². The minimum atomic E-state index is -0.0564. The number of aryl methyl sites for hydroxylation is 2. The lowest BCUT2D eigenvalue weighted by atomic mass is 9.99. The van der Waals surface area contributed by atoms with Gasteiger partial charge >= 0.3 is 0 Å². The van der Waals surface area contributed by atoms with E-state index in [1.165, 1.54) is 11.1 Å². The Kier molecular flexibility index (Phi) is 5.74. The summed E-state index contributed by atoms with van der Waals surface area (Å²) in [6, 6.07) is 8.54. The first kappa shape index (κ1) is 20.1. The van der Waals surface area contributed by atoms with Gasteiger partial charge in [-0.25, -0.2) is 0 Å². The van der Waals surface area contributed by atoms with E-state index in [2.05, 4.69) is 43.0 Å². The lowest BCUT2D eigenvalue weighted by molar-refractivity contribution is -0.00718. The molecule has 0 bridgehead atoms. The third-order valence-electron chi connectivity index (χ3n) is 6.21. The molecular formula is C23H32N4O2. The van der Waals surface area contributed by atoms with E-state index in [4.69, 9.17) is 9.84 Å². The Hall–Kier alpha value is -2.18. The number of amides is 1. The third kappa shape index (κ3) is 3.96. The zero-order valence-corrected chi connectivity index (χ0v) is 18.0. The Morgan fingerprint density at radius 3 is 2.59 bits per heavy atom. The van der Waals surface area contributed by atoms with Crippen LogP contribution in [0.5, 0.6) is 0 Å². The summed E-state index contributed by atoms with van der Waals surface area (Å²) in [6.45, 7) is 13.3. The zero-order valence-electron chi connectivity index (χ0n) is 18.0. The molecule has 2 atom stereocenters. The lowest BCUT2D eigenvalue weighted by Gasteiger charge is -2.35. The van der Waals surface area contributed by atoms with Gasteiger partial charge in [0.15, 0.2) is 0 Å². The van der Waals surface area contributed by atoms with Crippen molar-refractivity contribution in [1.82, 2.24) is 19.6 Å². The fraction of sp³-hybridized carbons (Fsp3) is 0.565. The SMILES string of the molecule is CCn1nc2c(c1C(=O)N1CCN(Cc3ccccc3C)CC1)C[C@H](C)O[C@@H]2C. The van der Waals surface area contributed by atoms with E-state index in [-0.39, 0.29) is 18.1 Å². The summed E-state index contributed by atoms with van der Waals surface area (Å²) in [5.74, 6) is 0.123. The Morgan fingerprint density at radius 1 is 1.17 bits per heavy atom. The molecule has 29 heavy (non-hydrogen) atoms. The molecule has 2 aliphatic heterocycles. The molecule has 1 fully saturated rings. The molecule has 0 aliphatic carbocycles. The molecule has 1 aromatic carbocycles. The minimum Gasteiger partial charge on any atom is -0.369 e. The second-order valence-electron chi connectivity index (χ2n) is 8.32. The van der Waals surface area contributed by atoms with Crippen LogP contribution in [0.3, 0.4) is 0 Å². The van der Waals surface area contributed by atoms with Gasteiger partial charge in [0.25, 0.3) is 5.91 Å². The van der Waals surface area contributed by atoms with Gasteiger partial charge < -0.3 is 9.64 Å². The molecule has 1 amide bonds. The highest BCUT2D eigenvalue weighted by Crippen LogP contribution is 2.32. The second-order valence-corrected chi connectivity index (χ2v) is 8.32. The maximum absolute atomic E-state index is 13.5. The molecule has 0 spiro atoms. The van der Waals surface area contributed by atoms with Gasteiger partial charge in [0.2, 0.25) is 0 Å². The highest BCUT2D eigenvalue weighted by atomic mass is 16.5. The highest BCUT2D eigenvalue weighted by molar-refractivity contribution is 5.94. The lowest BCUT2D eigenvalue weighted by Crippen LogP contribution is -2.49. The van der Waals surface area contributed by atoms with Crippen LogP contribution < -0.4 is 0 Å². The van der Waals surface area contributed by atoms with Crippen LogP contribution in [0.25, 0.3) is 0 Å². The number of carbonyl (C=O) groups excluding carboxylic acids is 1. The number of hydrogen-bond acceptors (Lipinski definition) is 4. The molecule has 2 aliphatic rings. The van der Waals surface area contributed by atoms with E-state index in [0.717, 1.165) is 56.1 Å². The molecule has 156 valence electrons. The van der Waals surface area contributed by atoms with Gasteiger partial charge in [-0.1, -0.05) is 24.3 Å². The van der Waals surface area contributed by atoms with Crippen LogP contribution in [-0.2, 0) is 24.2 Å². The van der Waals surface area contributed by atoms with Gasteiger partial charge in [-0.15, -0.1) is 0 Å². The summed E-state index contributed by atoms with van der Waals surface area (Å²) in [5.41, 5.74) is 5.50. The summed E-state index contributed by atoms with van der Waals surface area (Å²) in [4.78, 5) is 17.9. The second kappa shape index (κ2) is 8.28. The van der Waals surface area contributed by atoms with Crippen LogP contribution in [0.1, 0.15) is 59.7 Å². The normalized spacial score (nSPS) is 22.6. The van der Waals surface area contributed by atoms with Crippen LogP contribution in [0.15, 0.2) is 24.3 Å². The largest absolute Gasteiger partial charge is 0.369 e. The summed E-state index contributed by atoms with van der Waals surface area (Å²) in [5, 5.41) is 4.71. The van der Waals surface area contributed by atoms with E-state index in [1.54, 1.807) is 0 Å². The molecule has 4 rings (SSSR count). The minimum absolute atomic E-state index is 0.0564. The summed E-state index contributed by atoms with van der Waals surface area (Å²) in [7, 11) is 0. The van der Waals surface area contributed by atoms with E-state index >= 15 is 0 Å². The Labute approximate surface area is 173 Å². The summed E-state index contributed by atoms with van der Waals surface area (Å²) < 4.78 is 7.80. The van der Waals surface area contributed by atoms with Crippen LogP contribution >= 0.6 is 0 Å². The van der Waals surface area contributed by atoms with Crippen molar-refractivity contribution in [1.29, 1.82) is 0 Å². The molecule has 6 nitrogen and oxygen atoms in total. The average molecular weight is 397 g/mol. The number of fused-ring (bicyclic) bond motifs is 1. The number of aromatic nitrogens is 2. The van der Waals surface area contributed by atoms with E-state index in [1.807, 2.05) is 23.4 Å². The number of carbonyl (C=O) groups is 1. The molecule has 0 saturated carbocycles. The highest BCUT2D eigenvalue weighted by Gasteiger charge is 2.34. The van der Waals surface area contributed by atoms with E-state index < -0.39 is 0 Å². The first-order valence-corrected chi connectivity index (χ1v) is 10.8. The number of benzene rings is 1. The molecule has 6 heteroatoms. The number of ether oxygens (including phenoxy) is 1.